The van der Waals surface area contributed by atoms with Crippen molar-refractivity contribution in [3.63, 3.8) is 0 Å². The number of benzene rings is 3. The number of carbonyl (C=O) groups excluding carboxylic acids is 1. The predicted molar refractivity (Wildman–Crippen MR) is 171 cm³/mol. The van der Waals surface area contributed by atoms with E-state index in [0.717, 1.165) is 75.6 Å². The Kier molecular flexibility index (Phi) is 10.3. The van der Waals surface area contributed by atoms with Gasteiger partial charge in [0.1, 0.15) is 24.7 Å². The van der Waals surface area contributed by atoms with Crippen molar-refractivity contribution in [3.8, 4) is 17.2 Å². The van der Waals surface area contributed by atoms with E-state index in [4.69, 9.17) is 18.9 Å². The number of amides is 1. The Labute approximate surface area is 265 Å². The van der Waals surface area contributed by atoms with Crippen LogP contribution in [0.25, 0.3) is 0 Å². The van der Waals surface area contributed by atoms with E-state index in [2.05, 4.69) is 17.9 Å². The summed E-state index contributed by atoms with van der Waals surface area (Å²) in [5.41, 5.74) is 1.75. The molecule has 3 aromatic carbocycles. The van der Waals surface area contributed by atoms with Crippen LogP contribution in [-0.4, -0.2) is 61.3 Å². The molecule has 1 saturated carbocycles. The fourth-order valence-corrected chi connectivity index (χ4v) is 6.42. The van der Waals surface area contributed by atoms with E-state index in [-0.39, 0.29) is 29.9 Å². The highest BCUT2D eigenvalue weighted by atomic mass is 19.1. The molecule has 3 aromatic rings. The number of nitrogens with zero attached hydrogens (tertiary/aromatic N) is 2. The topological polar surface area (TPSA) is 60.5 Å². The van der Waals surface area contributed by atoms with E-state index in [1.165, 1.54) is 0 Å². The summed E-state index contributed by atoms with van der Waals surface area (Å²) >= 11 is 0. The summed E-state index contributed by atoms with van der Waals surface area (Å²) in [6.07, 6.45) is 8.22. The molecule has 8 heteroatoms. The quantitative estimate of drug-likeness (QED) is 0.222. The Morgan fingerprint density at radius 2 is 1.73 bits per heavy atom. The first-order chi connectivity index (χ1) is 22.0. The van der Waals surface area contributed by atoms with Gasteiger partial charge in [-0.25, -0.2) is 4.39 Å². The normalized spacial score (nSPS) is 21.1. The van der Waals surface area contributed by atoms with Crippen LogP contribution in [0.15, 0.2) is 79.0 Å². The Morgan fingerprint density at radius 3 is 2.53 bits per heavy atom. The van der Waals surface area contributed by atoms with Crippen LogP contribution < -0.4 is 14.2 Å². The maximum Gasteiger partial charge on any atom is 0.261 e. The SMILES string of the molecule is CC(Oc1cccc(OCCN2CCOCC2)c1)C1CCC(/C=C/N2Cc3ccc(OCc4ccccc4)c(F)c3C2=O)CC1. The van der Waals surface area contributed by atoms with Crippen molar-refractivity contribution in [1.82, 2.24) is 9.80 Å². The van der Waals surface area contributed by atoms with Crippen LogP contribution in [0.5, 0.6) is 17.2 Å². The van der Waals surface area contributed by atoms with Gasteiger partial charge in [0.2, 0.25) is 0 Å². The minimum atomic E-state index is -0.580. The van der Waals surface area contributed by atoms with Crippen LogP contribution in [-0.2, 0) is 17.9 Å². The van der Waals surface area contributed by atoms with Crippen molar-refractivity contribution < 1.29 is 28.1 Å². The lowest BCUT2D eigenvalue weighted by Crippen LogP contribution is -2.38. The molecule has 0 radical (unpaired) electrons. The van der Waals surface area contributed by atoms with Crippen molar-refractivity contribution in [1.29, 1.82) is 0 Å². The third-order valence-electron chi connectivity index (χ3n) is 9.17. The fourth-order valence-electron chi connectivity index (χ4n) is 6.42. The summed E-state index contributed by atoms with van der Waals surface area (Å²) in [6.45, 7) is 7.81. The second-order valence-corrected chi connectivity index (χ2v) is 12.2. The number of ether oxygens (including phenoxy) is 4. The van der Waals surface area contributed by atoms with Crippen molar-refractivity contribution in [2.45, 2.75) is 51.9 Å². The fraction of sp³-hybridized carbons (Fsp3) is 0.432. The predicted octanol–water partition coefficient (Wildman–Crippen LogP) is 6.86. The molecule has 2 fully saturated rings. The standard InChI is InChI=1S/C37H43FN2O5/c1-27(45-33-9-5-8-32(24-33)43-23-20-39-18-21-42-22-19-39)30-12-10-28(11-13-30)16-17-40-25-31-14-15-34(36(38)35(31)37(40)41)44-26-29-6-3-2-4-7-29/h2-9,14-17,24,27-28,30H,10-13,18-23,25-26H2,1H3/b17-16+. The monoisotopic (exact) mass is 614 g/mol. The minimum absolute atomic E-state index is 0.0921. The Hall–Kier alpha value is -3.88. The van der Waals surface area contributed by atoms with Gasteiger partial charge < -0.3 is 23.8 Å². The van der Waals surface area contributed by atoms with Gasteiger partial charge in [0.15, 0.2) is 11.6 Å². The van der Waals surface area contributed by atoms with Gasteiger partial charge in [-0.05, 0) is 73.8 Å². The van der Waals surface area contributed by atoms with Gasteiger partial charge in [-0.3, -0.25) is 9.69 Å². The number of hydrogen-bond acceptors (Lipinski definition) is 6. The Morgan fingerprint density at radius 1 is 0.956 bits per heavy atom. The molecule has 1 saturated heterocycles. The molecule has 6 rings (SSSR count). The number of morpholine rings is 1. The first kappa shape index (κ1) is 31.1. The van der Waals surface area contributed by atoms with Gasteiger partial charge in [0.05, 0.1) is 31.4 Å². The van der Waals surface area contributed by atoms with Crippen molar-refractivity contribution in [2.24, 2.45) is 11.8 Å². The van der Waals surface area contributed by atoms with E-state index < -0.39 is 5.82 Å². The van der Waals surface area contributed by atoms with E-state index >= 15 is 4.39 Å². The molecule has 0 bridgehead atoms. The molecule has 0 spiro atoms. The molecule has 7 nitrogen and oxygen atoms in total. The van der Waals surface area contributed by atoms with Gasteiger partial charge in [-0.1, -0.05) is 48.5 Å². The average Bonchev–Trinajstić information content (AvgIpc) is 3.40. The van der Waals surface area contributed by atoms with E-state index in [1.807, 2.05) is 60.8 Å². The first-order valence-electron chi connectivity index (χ1n) is 16.2. The third kappa shape index (κ3) is 8.05. The number of fused-ring (bicyclic) bond motifs is 1. The van der Waals surface area contributed by atoms with Gasteiger partial charge >= 0.3 is 0 Å². The van der Waals surface area contributed by atoms with Crippen LogP contribution in [0.1, 0.15) is 54.1 Å². The number of rotatable bonds is 12. The Balaban J connectivity index is 0.951. The third-order valence-corrected chi connectivity index (χ3v) is 9.17. The molecule has 45 heavy (non-hydrogen) atoms. The summed E-state index contributed by atoms with van der Waals surface area (Å²) in [6, 6.07) is 21.0. The van der Waals surface area contributed by atoms with Crippen LogP contribution >= 0.6 is 0 Å². The van der Waals surface area contributed by atoms with Gasteiger partial charge in [0.25, 0.3) is 5.91 Å². The zero-order valence-corrected chi connectivity index (χ0v) is 26.0. The largest absolute Gasteiger partial charge is 0.492 e. The Bertz CT molecular complexity index is 1450. The zero-order chi connectivity index (χ0) is 31.0. The maximum atomic E-state index is 15.3. The lowest BCUT2D eigenvalue weighted by atomic mass is 9.79. The number of hydrogen-bond donors (Lipinski definition) is 0. The smallest absolute Gasteiger partial charge is 0.261 e. The number of allylic oxidation sites excluding steroid dienone is 1. The van der Waals surface area contributed by atoms with Crippen LogP contribution in [0, 0.1) is 17.7 Å². The molecular formula is C37H43FN2O5. The first-order valence-corrected chi connectivity index (χ1v) is 16.2. The summed E-state index contributed by atoms with van der Waals surface area (Å²) in [4.78, 5) is 17.1. The highest BCUT2D eigenvalue weighted by molar-refractivity contribution is 5.99. The van der Waals surface area contributed by atoms with Gasteiger partial charge in [0, 0.05) is 31.9 Å². The zero-order valence-electron chi connectivity index (χ0n) is 26.0. The molecule has 238 valence electrons. The summed E-state index contributed by atoms with van der Waals surface area (Å²) in [5, 5.41) is 0. The molecule has 1 unspecified atom stereocenters. The second kappa shape index (κ2) is 14.9. The highest BCUT2D eigenvalue weighted by Gasteiger charge is 2.32. The van der Waals surface area contributed by atoms with Crippen molar-refractivity contribution >= 4 is 5.91 Å². The van der Waals surface area contributed by atoms with Crippen LogP contribution in [0.4, 0.5) is 4.39 Å². The van der Waals surface area contributed by atoms with Crippen LogP contribution in [0.3, 0.4) is 0 Å². The molecule has 0 N–H and O–H groups in total. The van der Waals surface area contributed by atoms with Gasteiger partial charge in [-0.2, -0.15) is 0 Å². The molecule has 0 aromatic heterocycles. The number of halogens is 1. The molecule has 1 aliphatic carbocycles. The average molecular weight is 615 g/mol. The summed E-state index contributed by atoms with van der Waals surface area (Å²) < 4.78 is 38.8. The molecule has 2 heterocycles. The van der Waals surface area contributed by atoms with E-state index in [1.54, 1.807) is 17.0 Å². The minimum Gasteiger partial charge on any atom is -0.492 e. The number of carbonyl (C=O) groups is 1. The van der Waals surface area contributed by atoms with Crippen LogP contribution in [0.2, 0.25) is 0 Å². The molecule has 3 aliphatic rings. The molecule has 2 aliphatic heterocycles. The van der Waals surface area contributed by atoms with E-state index in [9.17, 15) is 4.79 Å². The lowest BCUT2D eigenvalue weighted by Gasteiger charge is -2.31. The van der Waals surface area contributed by atoms with Gasteiger partial charge in [-0.15, -0.1) is 0 Å². The van der Waals surface area contributed by atoms with Crippen molar-refractivity contribution in [2.75, 3.05) is 39.5 Å². The maximum absolute atomic E-state index is 15.3. The summed E-state index contributed by atoms with van der Waals surface area (Å²) in [5.74, 6) is 1.72. The van der Waals surface area contributed by atoms with Crippen molar-refractivity contribution in [3.05, 3.63) is 102 Å². The summed E-state index contributed by atoms with van der Waals surface area (Å²) in [7, 11) is 0. The van der Waals surface area contributed by atoms with E-state index in [0.29, 0.717) is 30.6 Å². The molecule has 1 amide bonds. The highest BCUT2D eigenvalue weighted by Crippen LogP contribution is 2.35. The molecule has 1 atom stereocenters. The lowest BCUT2D eigenvalue weighted by molar-refractivity contribution is 0.0322. The second-order valence-electron chi connectivity index (χ2n) is 12.2. The molecular weight excluding hydrogens is 571 g/mol.